The zero-order valence-corrected chi connectivity index (χ0v) is 13.9. The summed E-state index contributed by atoms with van der Waals surface area (Å²) in [4.78, 5) is 0. The summed E-state index contributed by atoms with van der Waals surface area (Å²) in [6.07, 6.45) is 3.71. The van der Waals surface area contributed by atoms with Gasteiger partial charge in [0.25, 0.3) is 0 Å². The summed E-state index contributed by atoms with van der Waals surface area (Å²) in [7, 11) is 3.29. The van der Waals surface area contributed by atoms with Gasteiger partial charge in [-0.1, -0.05) is 18.2 Å². The van der Waals surface area contributed by atoms with E-state index in [-0.39, 0.29) is 0 Å². The van der Waals surface area contributed by atoms with Crippen LogP contribution in [-0.2, 0) is 13.1 Å². The lowest BCUT2D eigenvalue weighted by atomic mass is 10.1. The minimum atomic E-state index is 0.746. The lowest BCUT2D eigenvalue weighted by Crippen LogP contribution is -2.12. The first-order valence-corrected chi connectivity index (χ1v) is 7.81. The molecule has 1 N–H and O–H groups in total. The van der Waals surface area contributed by atoms with Crippen molar-refractivity contribution in [2.24, 2.45) is 0 Å². The van der Waals surface area contributed by atoms with E-state index in [4.69, 9.17) is 9.47 Å². The molecule has 0 amide bonds. The Morgan fingerprint density at radius 2 is 1.62 bits per heavy atom. The van der Waals surface area contributed by atoms with Gasteiger partial charge in [0.2, 0.25) is 0 Å². The Balaban J connectivity index is 1.56. The van der Waals surface area contributed by atoms with E-state index in [0.717, 1.165) is 35.8 Å². The molecule has 0 atom stereocenters. The van der Waals surface area contributed by atoms with Gasteiger partial charge < -0.3 is 14.8 Å². The fourth-order valence-electron chi connectivity index (χ4n) is 2.53. The van der Waals surface area contributed by atoms with Crippen LogP contribution >= 0.6 is 0 Å². The quantitative estimate of drug-likeness (QED) is 0.725. The summed E-state index contributed by atoms with van der Waals surface area (Å²) in [5.74, 6) is 1.50. The normalized spacial score (nSPS) is 10.6. The van der Waals surface area contributed by atoms with Crippen molar-refractivity contribution in [1.82, 2.24) is 15.1 Å². The van der Waals surface area contributed by atoms with Crippen LogP contribution in [0.1, 0.15) is 11.1 Å². The van der Waals surface area contributed by atoms with Crippen molar-refractivity contribution in [2.75, 3.05) is 14.2 Å². The van der Waals surface area contributed by atoms with E-state index in [0.29, 0.717) is 0 Å². The lowest BCUT2D eigenvalue weighted by Gasteiger charge is -2.10. The van der Waals surface area contributed by atoms with E-state index < -0.39 is 0 Å². The number of nitrogens with zero attached hydrogens (tertiary/aromatic N) is 2. The molecule has 124 valence electrons. The Morgan fingerprint density at radius 3 is 2.29 bits per heavy atom. The van der Waals surface area contributed by atoms with Crippen molar-refractivity contribution in [3.8, 4) is 17.2 Å². The first kappa shape index (κ1) is 16.1. The van der Waals surface area contributed by atoms with Gasteiger partial charge in [-0.3, -0.25) is 0 Å². The molecule has 3 rings (SSSR count). The Morgan fingerprint density at radius 1 is 0.917 bits per heavy atom. The number of methoxy groups -OCH3 is 2. The van der Waals surface area contributed by atoms with E-state index in [1.807, 2.05) is 35.1 Å². The third-order valence-electron chi connectivity index (χ3n) is 3.81. The fourth-order valence-corrected chi connectivity index (χ4v) is 2.53. The maximum atomic E-state index is 5.33. The van der Waals surface area contributed by atoms with Crippen LogP contribution in [0.2, 0.25) is 0 Å². The van der Waals surface area contributed by atoms with Crippen molar-refractivity contribution >= 4 is 0 Å². The maximum absolute atomic E-state index is 5.33. The van der Waals surface area contributed by atoms with Crippen LogP contribution in [0.3, 0.4) is 0 Å². The molecule has 3 aromatic rings. The molecule has 0 saturated heterocycles. The lowest BCUT2D eigenvalue weighted by molar-refractivity contribution is 0.354. The van der Waals surface area contributed by atoms with Crippen LogP contribution in [0.25, 0.3) is 5.69 Å². The third kappa shape index (κ3) is 3.75. The second kappa shape index (κ2) is 7.66. The highest BCUT2D eigenvalue weighted by Crippen LogP contribution is 2.27. The standard InChI is InChI=1S/C19H21N3O2/c1-23-18-9-6-16(12-19(18)24-2)14-20-13-15-4-7-17(8-5-15)22-11-3-10-21-22/h3-12,20H,13-14H2,1-2H3. The molecule has 0 fully saturated rings. The molecule has 5 heteroatoms. The van der Waals surface area contributed by atoms with Gasteiger partial charge in [0.1, 0.15) is 0 Å². The van der Waals surface area contributed by atoms with Crippen molar-refractivity contribution in [1.29, 1.82) is 0 Å². The van der Waals surface area contributed by atoms with Crippen LogP contribution in [0.4, 0.5) is 0 Å². The summed E-state index contributed by atoms with van der Waals surface area (Å²) in [5.41, 5.74) is 3.44. The minimum absolute atomic E-state index is 0.746. The monoisotopic (exact) mass is 323 g/mol. The number of rotatable bonds is 7. The number of ether oxygens (including phenoxy) is 2. The number of nitrogens with one attached hydrogen (secondary N) is 1. The maximum Gasteiger partial charge on any atom is 0.161 e. The van der Waals surface area contributed by atoms with Crippen molar-refractivity contribution in [3.63, 3.8) is 0 Å². The number of hydrogen-bond donors (Lipinski definition) is 1. The van der Waals surface area contributed by atoms with Gasteiger partial charge >= 0.3 is 0 Å². The Hall–Kier alpha value is -2.79. The summed E-state index contributed by atoms with van der Waals surface area (Å²) in [5, 5.41) is 7.67. The zero-order valence-electron chi connectivity index (χ0n) is 13.9. The molecule has 0 spiro atoms. The minimum Gasteiger partial charge on any atom is -0.493 e. The second-order valence-corrected chi connectivity index (χ2v) is 5.41. The van der Waals surface area contributed by atoms with E-state index in [1.165, 1.54) is 5.56 Å². The predicted molar refractivity (Wildman–Crippen MR) is 93.7 cm³/mol. The van der Waals surface area contributed by atoms with Gasteiger partial charge in [-0.25, -0.2) is 4.68 Å². The van der Waals surface area contributed by atoms with Crippen molar-refractivity contribution in [3.05, 3.63) is 72.1 Å². The molecule has 2 aromatic carbocycles. The Bertz CT molecular complexity index is 768. The first-order chi connectivity index (χ1) is 11.8. The summed E-state index contributed by atoms with van der Waals surface area (Å²) in [6.45, 7) is 1.56. The summed E-state index contributed by atoms with van der Waals surface area (Å²) >= 11 is 0. The van der Waals surface area contributed by atoms with Crippen LogP contribution in [0.15, 0.2) is 60.9 Å². The highest BCUT2D eigenvalue weighted by molar-refractivity contribution is 5.42. The molecule has 0 aliphatic rings. The molecular formula is C19H21N3O2. The molecule has 0 saturated carbocycles. The molecule has 24 heavy (non-hydrogen) atoms. The van der Waals surface area contributed by atoms with Crippen LogP contribution in [-0.4, -0.2) is 24.0 Å². The van der Waals surface area contributed by atoms with Gasteiger partial charge in [-0.05, 0) is 41.5 Å². The number of benzene rings is 2. The second-order valence-electron chi connectivity index (χ2n) is 5.41. The van der Waals surface area contributed by atoms with Gasteiger partial charge in [0.05, 0.1) is 19.9 Å². The largest absolute Gasteiger partial charge is 0.493 e. The summed E-state index contributed by atoms with van der Waals surface area (Å²) < 4.78 is 12.4. The van der Waals surface area contributed by atoms with E-state index in [9.17, 15) is 0 Å². The molecule has 1 heterocycles. The molecule has 0 aliphatic heterocycles. The van der Waals surface area contributed by atoms with Gasteiger partial charge in [0.15, 0.2) is 11.5 Å². The van der Waals surface area contributed by atoms with Crippen LogP contribution < -0.4 is 14.8 Å². The number of aromatic nitrogens is 2. The van der Waals surface area contributed by atoms with Gasteiger partial charge in [-0.15, -0.1) is 0 Å². The van der Waals surface area contributed by atoms with Crippen molar-refractivity contribution in [2.45, 2.75) is 13.1 Å². The smallest absolute Gasteiger partial charge is 0.161 e. The van der Waals surface area contributed by atoms with E-state index in [1.54, 1.807) is 20.4 Å². The molecule has 0 aliphatic carbocycles. The molecule has 5 nitrogen and oxygen atoms in total. The van der Waals surface area contributed by atoms with Crippen molar-refractivity contribution < 1.29 is 9.47 Å². The average Bonchev–Trinajstić information content (AvgIpc) is 3.17. The summed E-state index contributed by atoms with van der Waals surface area (Å²) in [6, 6.07) is 16.2. The highest BCUT2D eigenvalue weighted by Gasteiger charge is 2.04. The molecule has 0 bridgehead atoms. The third-order valence-corrected chi connectivity index (χ3v) is 3.81. The number of hydrogen-bond acceptors (Lipinski definition) is 4. The Kier molecular flexibility index (Phi) is 5.13. The topological polar surface area (TPSA) is 48.3 Å². The fraction of sp³-hybridized carbons (Fsp3) is 0.211. The van der Waals surface area contributed by atoms with Crippen LogP contribution in [0, 0.1) is 0 Å². The molecule has 0 unspecified atom stereocenters. The van der Waals surface area contributed by atoms with Gasteiger partial charge in [-0.2, -0.15) is 5.10 Å². The molecule has 1 aromatic heterocycles. The molecular weight excluding hydrogens is 302 g/mol. The zero-order chi connectivity index (χ0) is 16.8. The van der Waals surface area contributed by atoms with Crippen LogP contribution in [0.5, 0.6) is 11.5 Å². The average molecular weight is 323 g/mol. The SMILES string of the molecule is COc1ccc(CNCc2ccc(-n3cccn3)cc2)cc1OC. The predicted octanol–water partition coefficient (Wildman–Crippen LogP) is 3.18. The van der Waals surface area contributed by atoms with Gasteiger partial charge in [0, 0.05) is 25.5 Å². The molecule has 0 radical (unpaired) electrons. The van der Waals surface area contributed by atoms with E-state index >= 15 is 0 Å². The first-order valence-electron chi connectivity index (χ1n) is 7.81. The Labute approximate surface area is 141 Å². The highest BCUT2D eigenvalue weighted by atomic mass is 16.5. The van der Waals surface area contributed by atoms with E-state index in [2.05, 4.69) is 34.7 Å².